The van der Waals surface area contributed by atoms with Gasteiger partial charge in [0.15, 0.2) is 6.54 Å². The number of amides is 1. The van der Waals surface area contributed by atoms with E-state index in [4.69, 9.17) is 23.2 Å². The quantitative estimate of drug-likeness (QED) is 0.595. The highest BCUT2D eigenvalue weighted by atomic mass is 35.5. The lowest BCUT2D eigenvalue weighted by atomic mass is 10.2. The van der Waals surface area contributed by atoms with Crippen molar-refractivity contribution in [2.45, 2.75) is 13.5 Å². The van der Waals surface area contributed by atoms with Crippen molar-refractivity contribution in [2.75, 3.05) is 18.9 Å². The number of aryl methyl sites for hydroxylation is 1. The summed E-state index contributed by atoms with van der Waals surface area (Å²) in [5, 5.41) is 14.5. The first-order chi connectivity index (χ1) is 11.8. The largest absolute Gasteiger partial charge is 0.326 e. The Labute approximate surface area is 155 Å². The summed E-state index contributed by atoms with van der Waals surface area (Å²) in [4.78, 5) is 23.4. The second-order valence-corrected chi connectivity index (χ2v) is 6.68. The second kappa shape index (κ2) is 8.29. The van der Waals surface area contributed by atoms with Crippen LogP contribution in [0.5, 0.6) is 0 Å². The molecule has 0 bridgehead atoms. The molecule has 2 N–H and O–H groups in total. The fraction of sp³-hybridized carbons (Fsp3) is 0.235. The number of nitrogens with zero attached hydrogens (tertiary/aromatic N) is 1. The van der Waals surface area contributed by atoms with Crippen molar-refractivity contribution in [3.05, 3.63) is 67.7 Å². The number of likely N-dealkylation sites (N-methyl/N-ethyl adjacent to an activating group) is 1. The molecule has 0 aromatic heterocycles. The average molecular weight is 383 g/mol. The molecule has 0 fully saturated rings. The minimum absolute atomic E-state index is 0.00198. The molecular weight excluding hydrogens is 365 g/mol. The third-order valence-corrected chi connectivity index (χ3v) is 4.39. The lowest BCUT2D eigenvalue weighted by Crippen LogP contribution is -3.08. The molecule has 2 aromatic rings. The van der Waals surface area contributed by atoms with Gasteiger partial charge in [0.1, 0.15) is 6.54 Å². The molecule has 25 heavy (non-hydrogen) atoms. The predicted molar refractivity (Wildman–Crippen MR) is 98.4 cm³/mol. The number of nitro groups is 1. The summed E-state index contributed by atoms with van der Waals surface area (Å²) < 4.78 is 0. The summed E-state index contributed by atoms with van der Waals surface area (Å²) in [6.07, 6.45) is 0. The zero-order valence-electron chi connectivity index (χ0n) is 13.8. The van der Waals surface area contributed by atoms with E-state index in [1.807, 2.05) is 13.1 Å². The Bertz CT molecular complexity index is 812. The van der Waals surface area contributed by atoms with Crippen LogP contribution in [0.2, 0.25) is 10.0 Å². The van der Waals surface area contributed by atoms with E-state index in [0.717, 1.165) is 10.5 Å². The van der Waals surface area contributed by atoms with E-state index < -0.39 is 4.92 Å². The van der Waals surface area contributed by atoms with Gasteiger partial charge in [-0.1, -0.05) is 29.3 Å². The number of nitro benzene ring substituents is 1. The molecule has 0 radical (unpaired) electrons. The highest BCUT2D eigenvalue weighted by Crippen LogP contribution is 2.22. The average Bonchev–Trinajstić information content (AvgIpc) is 2.52. The lowest BCUT2D eigenvalue weighted by Gasteiger charge is -2.15. The summed E-state index contributed by atoms with van der Waals surface area (Å²) >= 11 is 11.9. The predicted octanol–water partition coefficient (Wildman–Crippen LogP) is 2.86. The van der Waals surface area contributed by atoms with Gasteiger partial charge in [-0.2, -0.15) is 0 Å². The Kier molecular flexibility index (Phi) is 6.36. The lowest BCUT2D eigenvalue weighted by molar-refractivity contribution is -0.885. The summed E-state index contributed by atoms with van der Waals surface area (Å²) in [5.74, 6) is -0.172. The normalized spacial score (nSPS) is 11.8. The van der Waals surface area contributed by atoms with E-state index >= 15 is 0 Å². The van der Waals surface area contributed by atoms with E-state index in [2.05, 4.69) is 5.32 Å². The second-order valence-electron chi connectivity index (χ2n) is 5.86. The van der Waals surface area contributed by atoms with Crippen molar-refractivity contribution in [3.63, 3.8) is 0 Å². The fourth-order valence-electron chi connectivity index (χ4n) is 2.43. The molecule has 2 aromatic carbocycles. The molecule has 0 saturated heterocycles. The number of nitrogens with one attached hydrogen (secondary N) is 2. The molecular formula is C17H18Cl2N3O3+. The van der Waals surface area contributed by atoms with E-state index in [1.165, 1.54) is 12.1 Å². The van der Waals surface area contributed by atoms with E-state index in [1.54, 1.807) is 25.1 Å². The standard InChI is InChI=1S/C17H17Cl2N3O3/c1-11-7-13(22(24)25)4-6-16(11)20-17(23)10-21(2)9-12-3-5-14(18)15(19)8-12/h3-8H,9-10H2,1-2H3,(H,20,23)/p+1. The van der Waals surface area contributed by atoms with Gasteiger partial charge in [-0.15, -0.1) is 0 Å². The molecule has 1 unspecified atom stereocenters. The van der Waals surface area contributed by atoms with Crippen molar-refractivity contribution in [3.8, 4) is 0 Å². The van der Waals surface area contributed by atoms with Gasteiger partial charge < -0.3 is 10.2 Å². The molecule has 1 atom stereocenters. The van der Waals surface area contributed by atoms with Crippen molar-refractivity contribution in [2.24, 2.45) is 0 Å². The molecule has 0 aliphatic rings. The van der Waals surface area contributed by atoms with Gasteiger partial charge in [-0.05, 0) is 30.7 Å². The van der Waals surface area contributed by atoms with Crippen LogP contribution in [0.15, 0.2) is 36.4 Å². The molecule has 0 heterocycles. The third kappa shape index (κ3) is 5.42. The molecule has 132 valence electrons. The van der Waals surface area contributed by atoms with Crippen molar-refractivity contribution >= 4 is 40.5 Å². The van der Waals surface area contributed by atoms with Crippen LogP contribution in [0.1, 0.15) is 11.1 Å². The molecule has 0 saturated carbocycles. The third-order valence-electron chi connectivity index (χ3n) is 3.65. The minimum Gasteiger partial charge on any atom is -0.326 e. The number of benzene rings is 2. The highest BCUT2D eigenvalue weighted by Gasteiger charge is 2.14. The Morgan fingerprint density at radius 1 is 1.20 bits per heavy atom. The van der Waals surface area contributed by atoms with Crippen LogP contribution in [0, 0.1) is 17.0 Å². The summed E-state index contributed by atoms with van der Waals surface area (Å²) in [6, 6.07) is 9.73. The smallest absolute Gasteiger partial charge is 0.279 e. The van der Waals surface area contributed by atoms with Gasteiger partial charge in [0.25, 0.3) is 11.6 Å². The molecule has 6 nitrogen and oxygen atoms in total. The van der Waals surface area contributed by atoms with Crippen LogP contribution >= 0.6 is 23.2 Å². The maximum absolute atomic E-state index is 12.2. The number of carbonyl (C=O) groups excluding carboxylic acids is 1. The fourth-order valence-corrected chi connectivity index (χ4v) is 2.75. The number of anilines is 1. The van der Waals surface area contributed by atoms with Crippen LogP contribution in [0.25, 0.3) is 0 Å². The number of rotatable bonds is 6. The topological polar surface area (TPSA) is 76.7 Å². The first-order valence-corrected chi connectivity index (χ1v) is 8.32. The Balaban J connectivity index is 1.95. The first kappa shape index (κ1) is 19.2. The number of carbonyl (C=O) groups is 1. The number of hydrogen-bond acceptors (Lipinski definition) is 3. The van der Waals surface area contributed by atoms with Gasteiger partial charge in [0.05, 0.1) is 22.0 Å². The number of quaternary nitrogens is 1. The van der Waals surface area contributed by atoms with Crippen LogP contribution in [-0.2, 0) is 11.3 Å². The Morgan fingerprint density at radius 3 is 2.52 bits per heavy atom. The van der Waals surface area contributed by atoms with E-state index in [-0.39, 0.29) is 18.1 Å². The Morgan fingerprint density at radius 2 is 1.92 bits per heavy atom. The van der Waals surface area contributed by atoms with Crippen LogP contribution in [0.4, 0.5) is 11.4 Å². The SMILES string of the molecule is Cc1cc([N+](=O)[O-])ccc1NC(=O)C[NH+](C)Cc1ccc(Cl)c(Cl)c1. The summed E-state index contributed by atoms with van der Waals surface area (Å²) in [6.45, 7) is 2.58. The number of non-ortho nitro benzene ring substituents is 1. The molecule has 0 aliphatic heterocycles. The maximum atomic E-state index is 12.2. The van der Waals surface area contributed by atoms with Gasteiger partial charge >= 0.3 is 0 Å². The minimum atomic E-state index is -0.465. The summed E-state index contributed by atoms with van der Waals surface area (Å²) in [7, 11) is 1.89. The van der Waals surface area contributed by atoms with E-state index in [9.17, 15) is 14.9 Å². The zero-order valence-corrected chi connectivity index (χ0v) is 15.3. The molecule has 0 spiro atoms. The van der Waals surface area contributed by atoms with Crippen LogP contribution in [-0.4, -0.2) is 24.4 Å². The number of halogens is 2. The van der Waals surface area contributed by atoms with Crippen LogP contribution in [0.3, 0.4) is 0 Å². The van der Waals surface area contributed by atoms with Gasteiger partial charge in [-0.3, -0.25) is 14.9 Å². The summed E-state index contributed by atoms with van der Waals surface area (Å²) in [5.41, 5.74) is 2.19. The van der Waals surface area contributed by atoms with Crippen molar-refractivity contribution in [1.82, 2.24) is 0 Å². The monoisotopic (exact) mass is 382 g/mol. The van der Waals surface area contributed by atoms with Gasteiger partial charge in [0, 0.05) is 23.4 Å². The van der Waals surface area contributed by atoms with Gasteiger partial charge in [-0.25, -0.2) is 0 Å². The molecule has 1 amide bonds. The van der Waals surface area contributed by atoms with Gasteiger partial charge in [0.2, 0.25) is 0 Å². The molecule has 8 heteroatoms. The highest BCUT2D eigenvalue weighted by molar-refractivity contribution is 6.42. The van der Waals surface area contributed by atoms with E-state index in [0.29, 0.717) is 27.8 Å². The number of hydrogen-bond donors (Lipinski definition) is 2. The van der Waals surface area contributed by atoms with Crippen LogP contribution < -0.4 is 10.2 Å². The maximum Gasteiger partial charge on any atom is 0.279 e. The molecule has 2 rings (SSSR count). The van der Waals surface area contributed by atoms with Crippen molar-refractivity contribution < 1.29 is 14.6 Å². The molecule has 0 aliphatic carbocycles. The van der Waals surface area contributed by atoms with Crippen molar-refractivity contribution in [1.29, 1.82) is 0 Å². The zero-order chi connectivity index (χ0) is 18.6. The first-order valence-electron chi connectivity index (χ1n) is 7.56. The Hall–Kier alpha value is -2.15.